The van der Waals surface area contributed by atoms with Gasteiger partial charge >= 0.3 is 0 Å². The van der Waals surface area contributed by atoms with Crippen molar-refractivity contribution in [3.05, 3.63) is 106 Å². The van der Waals surface area contributed by atoms with E-state index in [-0.39, 0.29) is 11.5 Å². The normalized spacial score (nSPS) is 11.9. The molecule has 0 N–H and O–H groups in total. The Labute approximate surface area is 160 Å². The van der Waals surface area contributed by atoms with Crippen molar-refractivity contribution in [2.75, 3.05) is 0 Å². The average Bonchev–Trinajstić information content (AvgIpc) is 3.25. The first kappa shape index (κ1) is 16.2. The van der Waals surface area contributed by atoms with Gasteiger partial charge in [0, 0.05) is 35.0 Å². The smallest absolute Gasteiger partial charge is 0.271 e. The number of fused-ring (bicyclic) bond motifs is 3. The second-order valence-corrected chi connectivity index (χ2v) is 6.65. The molecule has 0 saturated carbocycles. The molecule has 5 nitrogen and oxygen atoms in total. The van der Waals surface area contributed by atoms with Crippen LogP contribution in [0.4, 0.5) is 5.69 Å². The van der Waals surface area contributed by atoms with E-state index in [1.54, 1.807) is 12.3 Å². The number of nitro groups is 1. The van der Waals surface area contributed by atoms with E-state index in [9.17, 15) is 14.9 Å². The molecule has 0 spiro atoms. The fourth-order valence-electron chi connectivity index (χ4n) is 3.83. The van der Waals surface area contributed by atoms with Crippen LogP contribution in [0.15, 0.2) is 85.1 Å². The minimum Gasteiger partial charge on any atom is -0.315 e. The van der Waals surface area contributed by atoms with E-state index < -0.39 is 4.92 Å². The third-order valence-corrected chi connectivity index (χ3v) is 5.06. The number of nitrogens with zero attached hydrogens (tertiary/aromatic N) is 2. The van der Waals surface area contributed by atoms with Gasteiger partial charge in [-0.15, -0.1) is 0 Å². The molecule has 134 valence electrons. The van der Waals surface area contributed by atoms with Crippen molar-refractivity contribution in [3.8, 4) is 28.1 Å². The minimum absolute atomic E-state index is 0.0112. The molecule has 0 bridgehead atoms. The first-order chi connectivity index (χ1) is 13.6. The highest BCUT2D eigenvalue weighted by Gasteiger charge is 2.32. The molecule has 5 rings (SSSR count). The van der Waals surface area contributed by atoms with Crippen molar-refractivity contribution in [2.24, 2.45) is 0 Å². The lowest BCUT2D eigenvalue weighted by Crippen LogP contribution is -2.00. The summed E-state index contributed by atoms with van der Waals surface area (Å²) in [6, 6.07) is 23.8. The number of ketones is 1. The Morgan fingerprint density at radius 3 is 2.25 bits per heavy atom. The summed E-state index contributed by atoms with van der Waals surface area (Å²) in [6.45, 7) is 0. The van der Waals surface area contributed by atoms with Gasteiger partial charge in [-0.3, -0.25) is 14.9 Å². The lowest BCUT2D eigenvalue weighted by atomic mass is 10.0. The SMILES string of the molecule is O=C1c2ccccc2-c2c1cn(-c1cccc([N+](=O)[O-])c1)c2-c1ccccc1. The molecular weight excluding hydrogens is 352 g/mol. The van der Waals surface area contributed by atoms with Crippen LogP contribution in [0, 0.1) is 10.1 Å². The van der Waals surface area contributed by atoms with Crippen LogP contribution in [-0.4, -0.2) is 15.3 Å². The maximum absolute atomic E-state index is 13.0. The predicted octanol–water partition coefficient (Wildman–Crippen LogP) is 5.26. The Hall–Kier alpha value is -3.99. The van der Waals surface area contributed by atoms with E-state index in [1.165, 1.54) is 12.1 Å². The molecule has 3 aromatic carbocycles. The molecule has 4 aromatic rings. The summed E-state index contributed by atoms with van der Waals surface area (Å²) in [5, 5.41) is 11.2. The number of hydrogen-bond donors (Lipinski definition) is 0. The standard InChI is InChI=1S/C23H14N2O3/c26-23-19-12-5-4-11-18(19)21-20(23)14-24(22(21)15-7-2-1-3-8-15)16-9-6-10-17(13-16)25(27)28/h1-14H. The van der Waals surface area contributed by atoms with Gasteiger partial charge < -0.3 is 4.57 Å². The van der Waals surface area contributed by atoms with Crippen molar-refractivity contribution in [3.63, 3.8) is 0 Å². The molecule has 1 aliphatic rings. The second kappa shape index (κ2) is 6.03. The van der Waals surface area contributed by atoms with Gasteiger partial charge in [0.2, 0.25) is 0 Å². The molecule has 5 heteroatoms. The molecule has 0 radical (unpaired) electrons. The fraction of sp³-hybridized carbons (Fsp3) is 0. The van der Waals surface area contributed by atoms with Gasteiger partial charge in [-0.25, -0.2) is 0 Å². The summed E-state index contributed by atoms with van der Waals surface area (Å²) >= 11 is 0. The van der Waals surface area contributed by atoms with Gasteiger partial charge in [0.1, 0.15) is 0 Å². The van der Waals surface area contributed by atoms with Crippen LogP contribution in [0.3, 0.4) is 0 Å². The molecule has 28 heavy (non-hydrogen) atoms. The van der Waals surface area contributed by atoms with Crippen LogP contribution >= 0.6 is 0 Å². The number of hydrogen-bond acceptors (Lipinski definition) is 3. The number of carbonyl (C=O) groups is 1. The Kier molecular flexibility index (Phi) is 3.49. The van der Waals surface area contributed by atoms with Crippen molar-refractivity contribution < 1.29 is 9.72 Å². The van der Waals surface area contributed by atoms with E-state index in [0.29, 0.717) is 16.8 Å². The molecule has 0 atom stereocenters. The summed E-state index contributed by atoms with van der Waals surface area (Å²) < 4.78 is 1.88. The fourth-order valence-corrected chi connectivity index (χ4v) is 3.83. The Morgan fingerprint density at radius 2 is 1.50 bits per heavy atom. The molecule has 1 aromatic heterocycles. The number of nitro benzene ring substituents is 1. The van der Waals surface area contributed by atoms with Crippen molar-refractivity contribution >= 4 is 11.5 Å². The van der Waals surface area contributed by atoms with Crippen molar-refractivity contribution in [2.45, 2.75) is 0 Å². The van der Waals surface area contributed by atoms with E-state index in [1.807, 2.05) is 65.2 Å². The summed E-state index contributed by atoms with van der Waals surface area (Å²) in [5.41, 5.74) is 5.53. The zero-order valence-electron chi connectivity index (χ0n) is 14.7. The first-order valence-corrected chi connectivity index (χ1v) is 8.85. The Morgan fingerprint density at radius 1 is 0.786 bits per heavy atom. The van der Waals surface area contributed by atoms with Gasteiger partial charge in [-0.1, -0.05) is 60.7 Å². The topological polar surface area (TPSA) is 65.1 Å². The molecule has 1 heterocycles. The third-order valence-electron chi connectivity index (χ3n) is 5.06. The van der Waals surface area contributed by atoms with Crippen LogP contribution in [0.2, 0.25) is 0 Å². The lowest BCUT2D eigenvalue weighted by Gasteiger charge is -2.12. The second-order valence-electron chi connectivity index (χ2n) is 6.65. The average molecular weight is 366 g/mol. The minimum atomic E-state index is -0.413. The van der Waals surface area contributed by atoms with Gasteiger partial charge in [-0.05, 0) is 17.2 Å². The third kappa shape index (κ3) is 2.30. The molecule has 0 saturated heterocycles. The molecule has 0 amide bonds. The zero-order chi connectivity index (χ0) is 19.3. The van der Waals surface area contributed by atoms with E-state index >= 15 is 0 Å². The highest BCUT2D eigenvalue weighted by atomic mass is 16.6. The molecule has 0 unspecified atom stereocenters. The predicted molar refractivity (Wildman–Crippen MR) is 107 cm³/mol. The van der Waals surface area contributed by atoms with Crippen molar-refractivity contribution in [1.82, 2.24) is 4.57 Å². The Bertz CT molecular complexity index is 1260. The monoisotopic (exact) mass is 366 g/mol. The van der Waals surface area contributed by atoms with Gasteiger partial charge in [0.25, 0.3) is 5.69 Å². The van der Waals surface area contributed by atoms with E-state index in [4.69, 9.17) is 0 Å². The van der Waals surface area contributed by atoms with Gasteiger partial charge in [0.05, 0.1) is 16.3 Å². The maximum atomic E-state index is 13.0. The molecular formula is C23H14N2O3. The van der Waals surface area contributed by atoms with Crippen molar-refractivity contribution in [1.29, 1.82) is 0 Å². The highest BCUT2D eigenvalue weighted by Crippen LogP contribution is 2.45. The maximum Gasteiger partial charge on any atom is 0.271 e. The number of aromatic nitrogens is 1. The van der Waals surface area contributed by atoms with Crippen LogP contribution in [0.25, 0.3) is 28.1 Å². The van der Waals surface area contributed by atoms with Gasteiger partial charge in [-0.2, -0.15) is 0 Å². The number of carbonyl (C=O) groups excluding carboxylic acids is 1. The highest BCUT2D eigenvalue weighted by molar-refractivity contribution is 6.24. The summed E-state index contributed by atoms with van der Waals surface area (Å²) in [4.78, 5) is 23.8. The largest absolute Gasteiger partial charge is 0.315 e. The van der Waals surface area contributed by atoms with Gasteiger partial charge in [0.15, 0.2) is 5.78 Å². The molecule has 0 fully saturated rings. The van der Waals surface area contributed by atoms with Crippen LogP contribution in [-0.2, 0) is 0 Å². The van der Waals surface area contributed by atoms with Crippen LogP contribution in [0.5, 0.6) is 0 Å². The molecule has 0 aliphatic heterocycles. The van der Waals surface area contributed by atoms with Crippen LogP contribution < -0.4 is 0 Å². The number of rotatable bonds is 3. The van der Waals surface area contributed by atoms with E-state index in [2.05, 4.69) is 0 Å². The Balaban J connectivity index is 1.84. The van der Waals surface area contributed by atoms with E-state index in [0.717, 1.165) is 22.4 Å². The number of non-ortho nitro benzene ring substituents is 1. The summed E-state index contributed by atoms with van der Waals surface area (Å²) in [6.07, 6.45) is 1.79. The van der Waals surface area contributed by atoms with Crippen LogP contribution in [0.1, 0.15) is 15.9 Å². The number of benzene rings is 3. The zero-order valence-corrected chi connectivity index (χ0v) is 14.7. The first-order valence-electron chi connectivity index (χ1n) is 8.85. The molecule has 1 aliphatic carbocycles. The quantitative estimate of drug-likeness (QED) is 0.323. The lowest BCUT2D eigenvalue weighted by molar-refractivity contribution is -0.384. The summed E-state index contributed by atoms with van der Waals surface area (Å²) in [7, 11) is 0. The summed E-state index contributed by atoms with van der Waals surface area (Å²) in [5.74, 6) is -0.0213.